The normalized spacial score (nSPS) is 32.5. The van der Waals surface area contributed by atoms with Gasteiger partial charge in [-0.2, -0.15) is 0 Å². The third-order valence-corrected chi connectivity index (χ3v) is 3.43. The Kier molecular flexibility index (Phi) is 4.59. The van der Waals surface area contributed by atoms with Crippen LogP contribution in [-0.4, -0.2) is 56.3 Å². The Labute approximate surface area is 119 Å². The molecule has 1 aliphatic heterocycles. The van der Waals surface area contributed by atoms with Crippen molar-refractivity contribution in [3.63, 3.8) is 0 Å². The zero-order chi connectivity index (χ0) is 15.6. The number of nitrogens with zero attached hydrogens (tertiary/aromatic N) is 1. The van der Waals surface area contributed by atoms with E-state index in [0.717, 1.165) is 10.6 Å². The zero-order valence-electron chi connectivity index (χ0n) is 11.5. The maximum absolute atomic E-state index is 12.0. The van der Waals surface area contributed by atoms with Gasteiger partial charge in [0.2, 0.25) is 5.85 Å². The van der Waals surface area contributed by atoms with E-state index in [-0.39, 0.29) is 0 Å². The van der Waals surface area contributed by atoms with Crippen LogP contribution >= 0.6 is 0 Å². The number of ether oxygens (including phenoxy) is 1. The molecule has 4 atom stereocenters. The molecular weight excluding hydrogens is 282 g/mol. The molecule has 0 spiro atoms. The van der Waals surface area contributed by atoms with E-state index < -0.39 is 42.0 Å². The van der Waals surface area contributed by atoms with Gasteiger partial charge in [0.05, 0.1) is 6.61 Å². The van der Waals surface area contributed by atoms with Gasteiger partial charge >= 0.3 is 5.69 Å². The van der Waals surface area contributed by atoms with Crippen LogP contribution < -0.4 is 16.6 Å². The van der Waals surface area contributed by atoms with Gasteiger partial charge in [-0.25, -0.2) is 4.79 Å². The number of aromatic nitrogens is 2. The first kappa shape index (κ1) is 15.9. The second kappa shape index (κ2) is 6.08. The van der Waals surface area contributed by atoms with Gasteiger partial charge in [0.15, 0.2) is 0 Å². The first-order valence-electron chi connectivity index (χ1n) is 6.68. The molecule has 0 radical (unpaired) electrons. The van der Waals surface area contributed by atoms with E-state index >= 15 is 0 Å². The molecule has 5 N–H and O–H groups in total. The Morgan fingerprint density at radius 1 is 1.48 bits per heavy atom. The smallest absolute Gasteiger partial charge is 0.331 e. The van der Waals surface area contributed by atoms with Crippen molar-refractivity contribution in [1.82, 2.24) is 14.9 Å². The zero-order valence-corrected chi connectivity index (χ0v) is 11.5. The topological polar surface area (TPSA) is 137 Å². The van der Waals surface area contributed by atoms with Crippen molar-refractivity contribution in [2.24, 2.45) is 0 Å². The summed E-state index contributed by atoms with van der Waals surface area (Å²) < 4.78 is 6.48. The second-order valence-corrected chi connectivity index (χ2v) is 4.88. The molecule has 1 saturated heterocycles. The van der Waals surface area contributed by atoms with Crippen LogP contribution in [0.2, 0.25) is 0 Å². The third kappa shape index (κ3) is 2.65. The maximum atomic E-state index is 12.0. The van der Waals surface area contributed by atoms with Gasteiger partial charge < -0.3 is 20.1 Å². The lowest BCUT2D eigenvalue weighted by atomic mass is 10.1. The van der Waals surface area contributed by atoms with Gasteiger partial charge in [-0.15, -0.1) is 0 Å². The standard InChI is InChI=1S/C12H19N3O6/c1-2-4-13-12(10(19)9(18)7(6-16)21-12)15-5-3-8(17)14-11(15)20/h3,5,7,9-10,13,16,18-19H,2,4,6H2,1H3,(H,14,17,20)/t7-,9-,10-,12+/m1/s1. The van der Waals surface area contributed by atoms with Crippen molar-refractivity contribution in [3.05, 3.63) is 33.1 Å². The predicted octanol–water partition coefficient (Wildman–Crippen LogP) is -2.74. The summed E-state index contributed by atoms with van der Waals surface area (Å²) in [6, 6.07) is 1.10. The molecule has 1 aliphatic rings. The molecule has 1 fully saturated rings. The van der Waals surface area contributed by atoms with Crippen LogP contribution in [0.4, 0.5) is 0 Å². The van der Waals surface area contributed by atoms with Crippen LogP contribution in [0.3, 0.4) is 0 Å². The lowest BCUT2D eigenvalue weighted by Gasteiger charge is -2.34. The molecule has 2 rings (SSSR count). The molecule has 118 valence electrons. The molecular formula is C12H19N3O6. The minimum absolute atomic E-state index is 0.382. The number of H-pyrrole nitrogens is 1. The fourth-order valence-corrected chi connectivity index (χ4v) is 2.36. The molecule has 1 aromatic heterocycles. The summed E-state index contributed by atoms with van der Waals surface area (Å²) in [5.41, 5.74) is -1.38. The van der Waals surface area contributed by atoms with Gasteiger partial charge in [-0.3, -0.25) is 19.7 Å². The number of nitrogens with one attached hydrogen (secondary N) is 2. The fourth-order valence-electron chi connectivity index (χ4n) is 2.36. The highest BCUT2D eigenvalue weighted by molar-refractivity contribution is 5.00. The van der Waals surface area contributed by atoms with Crippen LogP contribution in [-0.2, 0) is 10.6 Å². The van der Waals surface area contributed by atoms with E-state index in [4.69, 9.17) is 4.74 Å². The highest BCUT2D eigenvalue weighted by atomic mass is 16.6. The number of aromatic amines is 1. The second-order valence-electron chi connectivity index (χ2n) is 4.88. The van der Waals surface area contributed by atoms with E-state index in [2.05, 4.69) is 10.3 Å². The van der Waals surface area contributed by atoms with Crippen LogP contribution in [0.5, 0.6) is 0 Å². The maximum Gasteiger partial charge on any atom is 0.331 e. The Morgan fingerprint density at radius 3 is 2.71 bits per heavy atom. The largest absolute Gasteiger partial charge is 0.394 e. The number of aliphatic hydroxyl groups is 3. The quantitative estimate of drug-likeness (QED) is 0.398. The number of hydrogen-bond acceptors (Lipinski definition) is 7. The molecule has 0 aromatic carbocycles. The highest BCUT2D eigenvalue weighted by Gasteiger charge is 2.55. The average molecular weight is 301 g/mol. The van der Waals surface area contributed by atoms with Crippen molar-refractivity contribution < 1.29 is 20.1 Å². The summed E-state index contributed by atoms with van der Waals surface area (Å²) in [6.45, 7) is 1.73. The van der Waals surface area contributed by atoms with Crippen molar-refractivity contribution in [3.8, 4) is 0 Å². The molecule has 1 aromatic rings. The first-order valence-corrected chi connectivity index (χ1v) is 6.68. The summed E-state index contributed by atoms with van der Waals surface area (Å²) in [7, 11) is 0. The third-order valence-electron chi connectivity index (χ3n) is 3.43. The summed E-state index contributed by atoms with van der Waals surface area (Å²) in [5.74, 6) is -1.75. The van der Waals surface area contributed by atoms with Gasteiger partial charge in [0.1, 0.15) is 18.3 Å². The van der Waals surface area contributed by atoms with E-state index in [1.54, 1.807) is 0 Å². The fraction of sp³-hybridized carbons (Fsp3) is 0.667. The van der Waals surface area contributed by atoms with Crippen LogP contribution in [0.1, 0.15) is 13.3 Å². The number of rotatable bonds is 5. The molecule has 9 heteroatoms. The lowest BCUT2D eigenvalue weighted by Crippen LogP contribution is -2.60. The molecule has 0 saturated carbocycles. The Bertz CT molecular complexity index is 599. The summed E-state index contributed by atoms with van der Waals surface area (Å²) >= 11 is 0. The predicted molar refractivity (Wildman–Crippen MR) is 71.6 cm³/mol. The molecule has 21 heavy (non-hydrogen) atoms. The van der Waals surface area contributed by atoms with E-state index in [1.807, 2.05) is 6.92 Å². The molecule has 0 unspecified atom stereocenters. The van der Waals surface area contributed by atoms with Crippen LogP contribution in [0.25, 0.3) is 0 Å². The van der Waals surface area contributed by atoms with E-state index in [0.29, 0.717) is 13.0 Å². The van der Waals surface area contributed by atoms with E-state index in [9.17, 15) is 24.9 Å². The van der Waals surface area contributed by atoms with E-state index in [1.165, 1.54) is 6.20 Å². The molecule has 0 amide bonds. The Hall–Kier alpha value is -1.52. The SMILES string of the molecule is CCCN[C@@]1(n2ccc(=O)[nH]c2=O)O[C@H](CO)[C@@H](O)[C@H]1O. The van der Waals surface area contributed by atoms with Crippen molar-refractivity contribution in [2.75, 3.05) is 13.2 Å². The minimum Gasteiger partial charge on any atom is -0.394 e. The number of aliphatic hydroxyl groups excluding tert-OH is 3. The minimum atomic E-state index is -1.75. The molecule has 2 heterocycles. The molecule has 9 nitrogen and oxygen atoms in total. The van der Waals surface area contributed by atoms with Crippen LogP contribution in [0, 0.1) is 0 Å². The van der Waals surface area contributed by atoms with Crippen molar-refractivity contribution in [1.29, 1.82) is 0 Å². The van der Waals surface area contributed by atoms with Gasteiger partial charge in [-0.05, 0) is 13.0 Å². The first-order chi connectivity index (χ1) is 9.96. The Morgan fingerprint density at radius 2 is 2.19 bits per heavy atom. The Balaban J connectivity index is 2.52. The van der Waals surface area contributed by atoms with Crippen molar-refractivity contribution >= 4 is 0 Å². The summed E-state index contributed by atoms with van der Waals surface area (Å²) in [4.78, 5) is 25.2. The van der Waals surface area contributed by atoms with Gasteiger partial charge in [-0.1, -0.05) is 6.92 Å². The summed E-state index contributed by atoms with van der Waals surface area (Å²) in [5, 5.41) is 32.3. The number of hydrogen-bond donors (Lipinski definition) is 5. The lowest BCUT2D eigenvalue weighted by molar-refractivity contribution is -0.172. The van der Waals surface area contributed by atoms with Crippen LogP contribution in [0.15, 0.2) is 21.9 Å². The molecule has 0 aliphatic carbocycles. The molecule has 0 bridgehead atoms. The highest BCUT2D eigenvalue weighted by Crippen LogP contribution is 2.32. The van der Waals surface area contributed by atoms with Gasteiger partial charge in [0, 0.05) is 12.3 Å². The van der Waals surface area contributed by atoms with Crippen molar-refractivity contribution in [2.45, 2.75) is 37.5 Å². The summed E-state index contributed by atoms with van der Waals surface area (Å²) in [6.07, 6.45) is -2.08. The average Bonchev–Trinajstić information content (AvgIpc) is 2.70. The monoisotopic (exact) mass is 301 g/mol. The van der Waals surface area contributed by atoms with Gasteiger partial charge in [0.25, 0.3) is 5.56 Å².